The van der Waals surface area contributed by atoms with Gasteiger partial charge in [-0.25, -0.2) is 8.42 Å². The number of hydrogen-bond donors (Lipinski definition) is 3. The molecular formula is C15H24N3NaO3S2. The molecule has 0 spiro atoms. The van der Waals surface area contributed by atoms with Crippen molar-refractivity contribution in [3.8, 4) is 0 Å². The fourth-order valence-electron chi connectivity index (χ4n) is 1.99. The van der Waals surface area contributed by atoms with E-state index in [9.17, 15) is 13.0 Å². The second-order valence-electron chi connectivity index (χ2n) is 5.25. The van der Waals surface area contributed by atoms with Crippen LogP contribution in [0.15, 0.2) is 29.2 Å². The Bertz CT molecular complexity index is 580. The summed E-state index contributed by atoms with van der Waals surface area (Å²) in [5, 5.41) is 3.56. The number of unbranched alkanes of at least 4 members (excludes halogenated alkanes) is 5. The minimum atomic E-state index is -4.41. The van der Waals surface area contributed by atoms with Gasteiger partial charge in [-0.2, -0.15) is 0 Å². The maximum absolute atomic E-state index is 10.8. The number of anilines is 1. The molecule has 0 fully saturated rings. The van der Waals surface area contributed by atoms with Gasteiger partial charge in [0.05, 0.1) is 10.6 Å². The van der Waals surface area contributed by atoms with Crippen LogP contribution < -0.4 is 45.7 Å². The van der Waals surface area contributed by atoms with Crippen molar-refractivity contribution in [2.45, 2.75) is 50.3 Å². The average Bonchev–Trinajstić information content (AvgIpc) is 2.51. The summed E-state index contributed by atoms with van der Waals surface area (Å²) in [7, 11) is -4.41. The van der Waals surface area contributed by atoms with Gasteiger partial charge in [-0.05, 0) is 42.9 Å². The van der Waals surface area contributed by atoms with Crippen molar-refractivity contribution >= 4 is 33.1 Å². The fraction of sp³-hybridized carbons (Fsp3) is 0.533. The summed E-state index contributed by atoms with van der Waals surface area (Å²) in [6.07, 6.45) is 7.35. The van der Waals surface area contributed by atoms with Crippen molar-refractivity contribution in [1.29, 1.82) is 0 Å². The Hall–Kier alpha value is -0.380. The van der Waals surface area contributed by atoms with Gasteiger partial charge < -0.3 is 9.87 Å². The van der Waals surface area contributed by atoms with Crippen LogP contribution in [0.2, 0.25) is 0 Å². The SMILES string of the molecule is CCCCCCCCNC(=S)NNc1ccc(S(=O)(=O)[O-])cc1.[Na+]. The predicted octanol–water partition coefficient (Wildman–Crippen LogP) is -0.254. The summed E-state index contributed by atoms with van der Waals surface area (Å²) in [4.78, 5) is -0.258. The molecule has 0 unspecified atom stereocenters. The summed E-state index contributed by atoms with van der Waals surface area (Å²) >= 11 is 5.13. The Labute approximate surface area is 172 Å². The second-order valence-corrected chi connectivity index (χ2v) is 7.04. The number of rotatable bonds is 10. The summed E-state index contributed by atoms with van der Waals surface area (Å²) in [5.41, 5.74) is 6.26. The predicted molar refractivity (Wildman–Crippen MR) is 95.1 cm³/mol. The Morgan fingerprint density at radius 2 is 1.67 bits per heavy atom. The van der Waals surface area contributed by atoms with Gasteiger partial charge in [0.25, 0.3) is 0 Å². The van der Waals surface area contributed by atoms with Crippen LogP contribution in [0.3, 0.4) is 0 Å². The molecule has 0 amide bonds. The van der Waals surface area contributed by atoms with E-state index in [0.29, 0.717) is 10.8 Å². The average molecular weight is 381 g/mol. The fourth-order valence-corrected chi connectivity index (χ4v) is 2.61. The molecule has 0 bridgehead atoms. The third-order valence-corrected chi connectivity index (χ3v) is 4.38. The van der Waals surface area contributed by atoms with Crippen molar-refractivity contribution in [2.24, 2.45) is 0 Å². The normalized spacial score (nSPS) is 10.6. The van der Waals surface area contributed by atoms with Gasteiger partial charge in [0.1, 0.15) is 10.1 Å². The molecule has 0 aliphatic rings. The Morgan fingerprint density at radius 1 is 1.08 bits per heavy atom. The van der Waals surface area contributed by atoms with E-state index in [1.807, 2.05) is 0 Å². The van der Waals surface area contributed by atoms with Gasteiger partial charge in [-0.1, -0.05) is 39.0 Å². The minimum Gasteiger partial charge on any atom is -0.744 e. The van der Waals surface area contributed by atoms with Crippen molar-refractivity contribution < 1.29 is 42.5 Å². The Balaban J connectivity index is 0.00000529. The van der Waals surface area contributed by atoms with Gasteiger partial charge in [-0.15, -0.1) is 0 Å². The van der Waals surface area contributed by atoms with E-state index in [1.54, 1.807) is 0 Å². The van der Waals surface area contributed by atoms with Gasteiger partial charge >= 0.3 is 29.6 Å². The van der Waals surface area contributed by atoms with Crippen molar-refractivity contribution in [2.75, 3.05) is 12.0 Å². The van der Waals surface area contributed by atoms with Gasteiger partial charge in [0.2, 0.25) is 0 Å². The molecule has 3 N–H and O–H groups in total. The first-order valence-corrected chi connectivity index (χ1v) is 9.61. The zero-order valence-corrected chi connectivity index (χ0v) is 17.9. The quantitative estimate of drug-likeness (QED) is 0.169. The molecule has 1 rings (SSSR count). The van der Waals surface area contributed by atoms with E-state index in [2.05, 4.69) is 23.1 Å². The van der Waals surface area contributed by atoms with Crippen LogP contribution in [0.1, 0.15) is 45.4 Å². The maximum Gasteiger partial charge on any atom is 1.00 e. The Kier molecular flexibility index (Phi) is 12.7. The molecule has 0 aliphatic carbocycles. The molecule has 0 heterocycles. The summed E-state index contributed by atoms with van der Waals surface area (Å²) < 4.78 is 32.5. The van der Waals surface area contributed by atoms with E-state index >= 15 is 0 Å². The molecular weight excluding hydrogens is 357 g/mol. The maximum atomic E-state index is 10.8. The third kappa shape index (κ3) is 10.5. The van der Waals surface area contributed by atoms with Crippen LogP contribution in [0.25, 0.3) is 0 Å². The van der Waals surface area contributed by atoms with E-state index in [-0.39, 0.29) is 34.5 Å². The van der Waals surface area contributed by atoms with Gasteiger partial charge in [-0.3, -0.25) is 10.9 Å². The van der Waals surface area contributed by atoms with Gasteiger partial charge in [0, 0.05) is 6.54 Å². The van der Waals surface area contributed by atoms with Crippen LogP contribution in [0.4, 0.5) is 5.69 Å². The molecule has 0 aliphatic heterocycles. The number of nitrogens with one attached hydrogen (secondary N) is 3. The van der Waals surface area contributed by atoms with Crippen molar-refractivity contribution in [3.05, 3.63) is 24.3 Å². The van der Waals surface area contributed by atoms with Gasteiger partial charge in [0.15, 0.2) is 5.11 Å². The molecule has 0 aromatic heterocycles. The summed E-state index contributed by atoms with van der Waals surface area (Å²) in [6, 6.07) is 5.49. The van der Waals surface area contributed by atoms with Crippen LogP contribution in [0.5, 0.6) is 0 Å². The summed E-state index contributed by atoms with van der Waals surface area (Å²) in [6.45, 7) is 3.01. The van der Waals surface area contributed by atoms with Crippen LogP contribution in [0, 0.1) is 0 Å². The second kappa shape index (κ2) is 12.9. The molecule has 9 heteroatoms. The molecule has 24 heavy (non-hydrogen) atoms. The first-order chi connectivity index (χ1) is 10.9. The zero-order chi connectivity index (χ0) is 17.1. The monoisotopic (exact) mass is 381 g/mol. The smallest absolute Gasteiger partial charge is 0.744 e. The molecule has 0 saturated carbocycles. The molecule has 0 saturated heterocycles. The third-order valence-electron chi connectivity index (χ3n) is 3.28. The van der Waals surface area contributed by atoms with E-state index in [0.717, 1.165) is 13.0 Å². The van der Waals surface area contributed by atoms with E-state index in [4.69, 9.17) is 12.2 Å². The molecule has 1 aromatic carbocycles. The van der Waals surface area contributed by atoms with Crippen LogP contribution >= 0.6 is 12.2 Å². The molecule has 0 radical (unpaired) electrons. The van der Waals surface area contributed by atoms with Crippen molar-refractivity contribution in [1.82, 2.24) is 10.7 Å². The first-order valence-electron chi connectivity index (χ1n) is 7.79. The molecule has 0 atom stereocenters. The molecule has 130 valence electrons. The van der Waals surface area contributed by atoms with Crippen molar-refractivity contribution in [3.63, 3.8) is 0 Å². The number of benzene rings is 1. The Morgan fingerprint density at radius 3 is 2.25 bits per heavy atom. The van der Waals surface area contributed by atoms with E-state index < -0.39 is 10.1 Å². The number of hydrogen-bond acceptors (Lipinski definition) is 5. The number of hydrazine groups is 1. The number of thiocarbonyl (C=S) groups is 1. The summed E-state index contributed by atoms with van der Waals surface area (Å²) in [5.74, 6) is 0. The van der Waals surface area contributed by atoms with Crippen LogP contribution in [-0.4, -0.2) is 24.6 Å². The van der Waals surface area contributed by atoms with E-state index in [1.165, 1.54) is 56.4 Å². The first kappa shape index (κ1) is 23.6. The molecule has 1 aromatic rings. The zero-order valence-electron chi connectivity index (χ0n) is 14.3. The largest absolute Gasteiger partial charge is 1.00 e. The topological polar surface area (TPSA) is 93.3 Å². The van der Waals surface area contributed by atoms with Crippen LogP contribution in [-0.2, 0) is 10.1 Å². The standard InChI is InChI=1S/C15H25N3O3S2.Na/c1-2-3-4-5-6-7-12-16-15(22)18-17-13-8-10-14(11-9-13)23(19,20)21;/h8-11,17H,2-7,12H2,1H3,(H2,16,18,22)(H,19,20,21);/q;+1/p-1. The minimum absolute atomic E-state index is 0. The molecule has 6 nitrogen and oxygen atoms in total.